The Balaban J connectivity index is 1.88. The number of nitriles is 1. The van der Waals surface area contributed by atoms with Crippen LogP contribution in [0.25, 0.3) is 22.3 Å². The van der Waals surface area contributed by atoms with Crippen LogP contribution in [0.4, 0.5) is 23.5 Å². The molecule has 4 aromatic heterocycles. The van der Waals surface area contributed by atoms with E-state index in [4.69, 9.17) is 10.00 Å². The lowest BCUT2D eigenvalue weighted by Gasteiger charge is -2.16. The number of nitrogens with zero attached hydrogens (tertiary/aromatic N) is 6. The standard InChI is InChI=1S/C20H17F4N7O/c1-20(2,8-25)9-27-19-28-18(32-3)15-14(12(22)7-31(15)29-19)10-4-11(21)17-26-5-13(16(23)24)30(17)6-10/h4-7,16H,9H2,1-3H3,(H,27,29). The topological polar surface area (TPSA) is 92.5 Å². The molecule has 4 heterocycles. The summed E-state index contributed by atoms with van der Waals surface area (Å²) in [4.78, 5) is 7.87. The molecular weight excluding hydrogens is 430 g/mol. The number of fused-ring (bicyclic) bond motifs is 2. The molecule has 0 unspecified atom stereocenters. The lowest BCUT2D eigenvalue weighted by molar-refractivity contribution is 0.145. The van der Waals surface area contributed by atoms with Gasteiger partial charge in [-0.15, -0.1) is 5.10 Å². The normalized spacial score (nSPS) is 12.0. The number of rotatable bonds is 6. The van der Waals surface area contributed by atoms with E-state index in [-0.39, 0.29) is 40.7 Å². The van der Waals surface area contributed by atoms with Gasteiger partial charge in [-0.1, -0.05) is 0 Å². The van der Waals surface area contributed by atoms with E-state index in [0.717, 1.165) is 27.4 Å². The van der Waals surface area contributed by atoms with Crippen molar-refractivity contribution in [1.82, 2.24) is 24.0 Å². The van der Waals surface area contributed by atoms with Gasteiger partial charge in [-0.3, -0.25) is 4.40 Å². The SMILES string of the molecule is COc1nc(NCC(C)(C)C#N)nn2cc(F)c(-c3cc(F)c4ncc(C(F)F)n4c3)c12. The molecule has 4 aromatic rings. The van der Waals surface area contributed by atoms with E-state index in [0.29, 0.717) is 0 Å². The number of nitrogens with one attached hydrogen (secondary N) is 1. The Labute approximate surface area is 179 Å². The number of aromatic nitrogens is 5. The number of methoxy groups -OCH3 is 1. The second kappa shape index (κ2) is 7.67. The number of ether oxygens (including phenoxy) is 1. The molecule has 32 heavy (non-hydrogen) atoms. The third-order valence-electron chi connectivity index (χ3n) is 4.84. The van der Waals surface area contributed by atoms with Crippen molar-refractivity contribution in [2.75, 3.05) is 19.0 Å². The third-order valence-corrected chi connectivity index (χ3v) is 4.84. The van der Waals surface area contributed by atoms with Crippen LogP contribution in [0.3, 0.4) is 0 Å². The Morgan fingerprint density at radius 3 is 2.66 bits per heavy atom. The summed E-state index contributed by atoms with van der Waals surface area (Å²) in [6.45, 7) is 3.66. The molecule has 166 valence electrons. The molecule has 0 amide bonds. The molecule has 0 radical (unpaired) electrons. The minimum atomic E-state index is -2.90. The van der Waals surface area contributed by atoms with E-state index >= 15 is 0 Å². The van der Waals surface area contributed by atoms with Crippen LogP contribution in [0.2, 0.25) is 0 Å². The van der Waals surface area contributed by atoms with Crippen LogP contribution in [0.15, 0.2) is 24.7 Å². The summed E-state index contributed by atoms with van der Waals surface area (Å²) in [5.41, 5.74) is -1.61. The van der Waals surface area contributed by atoms with Crippen LogP contribution >= 0.6 is 0 Å². The Bertz CT molecular complexity index is 1370. The molecule has 0 saturated heterocycles. The van der Waals surface area contributed by atoms with Crippen molar-refractivity contribution < 1.29 is 22.3 Å². The first-order valence-corrected chi connectivity index (χ1v) is 9.38. The van der Waals surface area contributed by atoms with Crippen LogP contribution in [-0.4, -0.2) is 37.6 Å². The highest BCUT2D eigenvalue weighted by Gasteiger charge is 2.24. The molecule has 0 aliphatic rings. The smallest absolute Gasteiger partial charge is 0.280 e. The Morgan fingerprint density at radius 2 is 2.00 bits per heavy atom. The molecule has 0 spiro atoms. The van der Waals surface area contributed by atoms with Gasteiger partial charge in [0, 0.05) is 18.3 Å². The first-order chi connectivity index (χ1) is 15.1. The fraction of sp³-hybridized carbons (Fsp3) is 0.300. The first-order valence-electron chi connectivity index (χ1n) is 9.38. The molecule has 0 fully saturated rings. The van der Waals surface area contributed by atoms with Crippen LogP contribution in [0.1, 0.15) is 26.0 Å². The Morgan fingerprint density at radius 1 is 1.25 bits per heavy atom. The number of alkyl halides is 2. The third kappa shape index (κ3) is 3.55. The van der Waals surface area contributed by atoms with Crippen molar-refractivity contribution in [3.05, 3.63) is 42.0 Å². The summed E-state index contributed by atoms with van der Waals surface area (Å²) in [7, 11) is 1.31. The van der Waals surface area contributed by atoms with E-state index in [1.54, 1.807) is 13.8 Å². The predicted octanol–water partition coefficient (Wildman–Crippen LogP) is 4.23. The highest BCUT2D eigenvalue weighted by molar-refractivity contribution is 5.85. The minimum Gasteiger partial charge on any atom is -0.479 e. The summed E-state index contributed by atoms with van der Waals surface area (Å²) >= 11 is 0. The molecule has 4 rings (SSSR count). The Hall–Kier alpha value is -3.88. The van der Waals surface area contributed by atoms with Gasteiger partial charge in [0.05, 0.1) is 36.6 Å². The van der Waals surface area contributed by atoms with Gasteiger partial charge in [-0.05, 0) is 19.9 Å². The van der Waals surface area contributed by atoms with Crippen molar-refractivity contribution in [3.63, 3.8) is 0 Å². The molecule has 1 N–H and O–H groups in total. The van der Waals surface area contributed by atoms with Crippen LogP contribution in [-0.2, 0) is 0 Å². The molecule has 12 heteroatoms. The quantitative estimate of drug-likeness (QED) is 0.445. The van der Waals surface area contributed by atoms with Gasteiger partial charge in [0.15, 0.2) is 17.3 Å². The van der Waals surface area contributed by atoms with E-state index < -0.39 is 29.2 Å². The molecular formula is C20H17F4N7O. The van der Waals surface area contributed by atoms with Crippen molar-refractivity contribution in [2.45, 2.75) is 20.3 Å². The molecule has 0 aliphatic carbocycles. The van der Waals surface area contributed by atoms with Crippen molar-refractivity contribution >= 4 is 17.1 Å². The fourth-order valence-electron chi connectivity index (χ4n) is 3.21. The van der Waals surface area contributed by atoms with E-state index in [9.17, 15) is 17.6 Å². The number of anilines is 1. The van der Waals surface area contributed by atoms with E-state index in [1.807, 2.05) is 0 Å². The minimum absolute atomic E-state index is 0.0249. The lowest BCUT2D eigenvalue weighted by atomic mass is 9.96. The zero-order valence-electron chi connectivity index (χ0n) is 17.2. The average molecular weight is 447 g/mol. The molecule has 0 saturated carbocycles. The monoisotopic (exact) mass is 447 g/mol. The zero-order valence-corrected chi connectivity index (χ0v) is 17.2. The first kappa shape index (κ1) is 21.4. The molecule has 0 aliphatic heterocycles. The van der Waals surface area contributed by atoms with Gasteiger partial charge in [0.25, 0.3) is 6.43 Å². The maximum atomic E-state index is 15.0. The van der Waals surface area contributed by atoms with Crippen LogP contribution in [0, 0.1) is 28.4 Å². The van der Waals surface area contributed by atoms with E-state index in [1.165, 1.54) is 13.3 Å². The summed E-state index contributed by atoms with van der Waals surface area (Å²) < 4.78 is 63.5. The largest absolute Gasteiger partial charge is 0.479 e. The Kier molecular flexibility index (Phi) is 5.12. The molecule has 0 atom stereocenters. The summed E-state index contributed by atoms with van der Waals surface area (Å²) in [5, 5.41) is 16.2. The average Bonchev–Trinajstić information content (AvgIpc) is 3.32. The predicted molar refractivity (Wildman–Crippen MR) is 106 cm³/mol. The molecule has 0 aromatic carbocycles. The van der Waals surface area contributed by atoms with Gasteiger partial charge in [0.1, 0.15) is 11.2 Å². The number of pyridine rings is 1. The van der Waals surface area contributed by atoms with Crippen molar-refractivity contribution in [1.29, 1.82) is 5.26 Å². The fourth-order valence-corrected chi connectivity index (χ4v) is 3.21. The second-order valence-electron chi connectivity index (χ2n) is 7.69. The summed E-state index contributed by atoms with van der Waals surface area (Å²) in [6.07, 6.45) is 0.177. The maximum Gasteiger partial charge on any atom is 0.280 e. The van der Waals surface area contributed by atoms with Crippen LogP contribution < -0.4 is 10.1 Å². The van der Waals surface area contributed by atoms with Gasteiger partial charge >= 0.3 is 0 Å². The molecule has 0 bridgehead atoms. The highest BCUT2D eigenvalue weighted by atomic mass is 19.3. The van der Waals surface area contributed by atoms with Crippen molar-refractivity contribution in [2.24, 2.45) is 5.41 Å². The second-order valence-corrected chi connectivity index (χ2v) is 7.69. The molecule has 8 nitrogen and oxygen atoms in total. The van der Waals surface area contributed by atoms with Crippen molar-refractivity contribution in [3.8, 4) is 23.1 Å². The van der Waals surface area contributed by atoms with E-state index in [2.05, 4.69) is 26.5 Å². The highest BCUT2D eigenvalue weighted by Crippen LogP contribution is 2.35. The van der Waals surface area contributed by atoms with Gasteiger partial charge in [-0.2, -0.15) is 10.2 Å². The van der Waals surface area contributed by atoms with Crippen LogP contribution in [0.5, 0.6) is 5.88 Å². The van der Waals surface area contributed by atoms with Gasteiger partial charge in [0.2, 0.25) is 11.8 Å². The zero-order chi connectivity index (χ0) is 23.2. The maximum absolute atomic E-state index is 15.0. The summed E-state index contributed by atoms with van der Waals surface area (Å²) in [6, 6.07) is 3.13. The number of imidazole rings is 1. The van der Waals surface area contributed by atoms with Gasteiger partial charge < -0.3 is 10.1 Å². The van der Waals surface area contributed by atoms with Gasteiger partial charge in [-0.25, -0.2) is 27.1 Å². The number of hydrogen-bond donors (Lipinski definition) is 1. The summed E-state index contributed by atoms with van der Waals surface area (Å²) in [5.74, 6) is -1.64. The number of hydrogen-bond acceptors (Lipinski definition) is 6. The lowest BCUT2D eigenvalue weighted by Crippen LogP contribution is -2.22. The number of halogens is 4.